The fourth-order valence-electron chi connectivity index (χ4n) is 4.71. The van der Waals surface area contributed by atoms with E-state index in [4.69, 9.17) is 14.9 Å². The van der Waals surface area contributed by atoms with Gasteiger partial charge in [-0.2, -0.15) is 15.8 Å². The third-order valence-electron chi connectivity index (χ3n) is 6.00. The van der Waals surface area contributed by atoms with Gasteiger partial charge in [-0.05, 0) is 31.4 Å². The molecule has 4 atom stereocenters. The van der Waals surface area contributed by atoms with Crippen molar-refractivity contribution in [3.8, 4) is 18.2 Å². The fourth-order valence-corrected chi connectivity index (χ4v) is 4.71. The first kappa shape index (κ1) is 18.9. The van der Waals surface area contributed by atoms with E-state index in [1.807, 2.05) is 39.0 Å². The summed E-state index contributed by atoms with van der Waals surface area (Å²) in [6, 6.07) is 12.0. The molecule has 0 amide bonds. The van der Waals surface area contributed by atoms with Crippen molar-refractivity contribution in [2.24, 2.45) is 16.7 Å². The monoisotopic (exact) mass is 362 g/mol. The van der Waals surface area contributed by atoms with Gasteiger partial charge in [0, 0.05) is 6.92 Å². The first-order valence-electron chi connectivity index (χ1n) is 9.03. The number of benzene rings is 1. The van der Waals surface area contributed by atoms with Gasteiger partial charge in [-0.15, -0.1) is 0 Å². The molecule has 0 saturated carbocycles. The van der Waals surface area contributed by atoms with E-state index in [1.165, 1.54) is 0 Å². The Kier molecular flexibility index (Phi) is 4.26. The van der Waals surface area contributed by atoms with Crippen molar-refractivity contribution in [2.45, 2.75) is 52.4 Å². The van der Waals surface area contributed by atoms with Crippen LogP contribution in [0.2, 0.25) is 0 Å². The van der Waals surface area contributed by atoms with Crippen LogP contribution in [0, 0.1) is 70.0 Å². The topological polar surface area (TPSA) is 114 Å². The SMILES string of the molecule is CCCC1C2(C)OC(=N)C1(C#N)C(C#N)(C#N)C(c1ccc(C)cc1C)O2. The quantitative estimate of drug-likeness (QED) is 0.871. The molecule has 27 heavy (non-hydrogen) atoms. The first-order chi connectivity index (χ1) is 12.8. The summed E-state index contributed by atoms with van der Waals surface area (Å²) in [5.41, 5.74) is -0.978. The lowest BCUT2D eigenvalue weighted by Gasteiger charge is -2.49. The Morgan fingerprint density at radius 1 is 1.15 bits per heavy atom. The summed E-state index contributed by atoms with van der Waals surface area (Å²) in [5, 5.41) is 39.0. The second-order valence-electron chi connectivity index (χ2n) is 7.60. The predicted molar refractivity (Wildman–Crippen MR) is 97.1 cm³/mol. The minimum absolute atomic E-state index is 0.346. The van der Waals surface area contributed by atoms with Gasteiger partial charge < -0.3 is 9.47 Å². The standard InChI is InChI=1S/C21H22N4O2/c1-5-6-16-19(4)26-17(15-8-7-13(2)9-14(15)3)20(10-22,11-23)21(16,12-24)18(25)27-19/h7-9,16-17,25H,5-6H2,1-4H3. The average Bonchev–Trinajstić information content (AvgIpc) is 2.79. The van der Waals surface area contributed by atoms with Crippen molar-refractivity contribution < 1.29 is 9.47 Å². The van der Waals surface area contributed by atoms with Crippen LogP contribution in [0.4, 0.5) is 0 Å². The summed E-state index contributed by atoms with van der Waals surface area (Å²) in [5.74, 6) is -2.16. The molecular weight excluding hydrogens is 340 g/mol. The summed E-state index contributed by atoms with van der Waals surface area (Å²) < 4.78 is 12.0. The number of fused-ring (bicyclic) bond motifs is 2. The first-order valence-corrected chi connectivity index (χ1v) is 9.03. The van der Waals surface area contributed by atoms with Crippen LogP contribution in [0.3, 0.4) is 0 Å². The highest BCUT2D eigenvalue weighted by atomic mass is 16.7. The zero-order chi connectivity index (χ0) is 20.0. The van der Waals surface area contributed by atoms with Crippen LogP contribution in [-0.2, 0) is 9.47 Å². The predicted octanol–water partition coefficient (Wildman–Crippen LogP) is 4.06. The molecule has 2 aliphatic heterocycles. The van der Waals surface area contributed by atoms with Crippen LogP contribution in [0.15, 0.2) is 18.2 Å². The maximum atomic E-state index is 10.2. The fraction of sp³-hybridized carbons (Fsp3) is 0.524. The van der Waals surface area contributed by atoms with Crippen molar-refractivity contribution in [1.29, 1.82) is 21.2 Å². The normalized spacial score (nSPS) is 33.4. The lowest BCUT2D eigenvalue weighted by Crippen LogP contribution is -2.58. The molecule has 1 N–H and O–H groups in total. The molecule has 1 aromatic carbocycles. The second kappa shape index (κ2) is 6.08. The maximum absolute atomic E-state index is 10.2. The molecule has 138 valence electrons. The van der Waals surface area contributed by atoms with Gasteiger partial charge in [0.25, 0.3) is 0 Å². The van der Waals surface area contributed by atoms with Crippen LogP contribution < -0.4 is 0 Å². The molecule has 2 aliphatic rings. The van der Waals surface area contributed by atoms with Crippen molar-refractivity contribution in [3.63, 3.8) is 0 Å². The summed E-state index contributed by atoms with van der Waals surface area (Å²) in [6.45, 7) is 7.50. The number of nitriles is 3. The highest BCUT2D eigenvalue weighted by Gasteiger charge is 2.79. The molecular formula is C21H22N4O2. The molecule has 2 saturated heterocycles. The van der Waals surface area contributed by atoms with Crippen LogP contribution in [0.5, 0.6) is 0 Å². The van der Waals surface area contributed by atoms with E-state index < -0.39 is 28.6 Å². The molecule has 0 aromatic heterocycles. The summed E-state index contributed by atoms with van der Waals surface area (Å²) in [7, 11) is 0. The van der Waals surface area contributed by atoms with Crippen molar-refractivity contribution in [1.82, 2.24) is 0 Å². The second-order valence-corrected chi connectivity index (χ2v) is 7.60. The highest BCUT2D eigenvalue weighted by molar-refractivity contribution is 5.89. The Bertz CT molecular complexity index is 921. The minimum Gasteiger partial charge on any atom is -0.448 e. The van der Waals surface area contributed by atoms with E-state index >= 15 is 0 Å². The van der Waals surface area contributed by atoms with Gasteiger partial charge in [-0.3, -0.25) is 5.41 Å². The highest BCUT2D eigenvalue weighted by Crippen LogP contribution is 2.67. The lowest BCUT2D eigenvalue weighted by atomic mass is 9.52. The van der Waals surface area contributed by atoms with Crippen molar-refractivity contribution in [2.75, 3.05) is 0 Å². The largest absolute Gasteiger partial charge is 0.448 e. The van der Waals surface area contributed by atoms with Gasteiger partial charge >= 0.3 is 0 Å². The summed E-state index contributed by atoms with van der Waals surface area (Å²) in [4.78, 5) is 0. The molecule has 0 radical (unpaired) electrons. The number of nitrogens with zero attached hydrogens (tertiary/aromatic N) is 3. The van der Waals surface area contributed by atoms with E-state index in [1.54, 1.807) is 6.92 Å². The third-order valence-corrected chi connectivity index (χ3v) is 6.00. The number of ether oxygens (including phenoxy) is 2. The number of aryl methyl sites for hydroxylation is 2. The maximum Gasteiger partial charge on any atom is 0.214 e. The molecule has 0 aliphatic carbocycles. The lowest BCUT2D eigenvalue weighted by molar-refractivity contribution is -0.274. The van der Waals surface area contributed by atoms with E-state index in [2.05, 4.69) is 18.2 Å². The van der Waals surface area contributed by atoms with Crippen LogP contribution >= 0.6 is 0 Å². The summed E-state index contributed by atoms with van der Waals surface area (Å²) in [6.07, 6.45) is 0.232. The number of hydrogen-bond donors (Lipinski definition) is 1. The molecule has 2 heterocycles. The van der Waals surface area contributed by atoms with Gasteiger partial charge in [-0.1, -0.05) is 37.1 Å². The van der Waals surface area contributed by atoms with Gasteiger partial charge in [0.05, 0.1) is 24.1 Å². The van der Waals surface area contributed by atoms with Crippen molar-refractivity contribution >= 4 is 5.90 Å². The Balaban J connectivity index is 2.34. The van der Waals surface area contributed by atoms with Gasteiger partial charge in [0.2, 0.25) is 17.1 Å². The molecule has 1 aromatic rings. The molecule has 2 fully saturated rings. The number of hydrogen-bond acceptors (Lipinski definition) is 6. The van der Waals surface area contributed by atoms with Crippen LogP contribution in [-0.4, -0.2) is 11.7 Å². The molecule has 6 heteroatoms. The van der Waals surface area contributed by atoms with E-state index in [9.17, 15) is 15.8 Å². The number of nitrogens with one attached hydrogen (secondary N) is 1. The van der Waals surface area contributed by atoms with E-state index in [-0.39, 0.29) is 5.90 Å². The molecule has 3 rings (SSSR count). The minimum atomic E-state index is -1.88. The average molecular weight is 362 g/mol. The molecule has 4 unspecified atom stereocenters. The Morgan fingerprint density at radius 3 is 2.33 bits per heavy atom. The van der Waals surface area contributed by atoms with Crippen molar-refractivity contribution in [3.05, 3.63) is 34.9 Å². The molecule has 6 nitrogen and oxygen atoms in total. The Morgan fingerprint density at radius 2 is 1.81 bits per heavy atom. The van der Waals surface area contributed by atoms with Gasteiger partial charge in [0.15, 0.2) is 5.41 Å². The van der Waals surface area contributed by atoms with E-state index in [0.29, 0.717) is 18.4 Å². The Hall–Kier alpha value is -2.88. The van der Waals surface area contributed by atoms with Crippen LogP contribution in [0.25, 0.3) is 0 Å². The zero-order valence-electron chi connectivity index (χ0n) is 16.0. The summed E-state index contributed by atoms with van der Waals surface area (Å²) >= 11 is 0. The zero-order valence-corrected chi connectivity index (χ0v) is 16.0. The van der Waals surface area contributed by atoms with E-state index in [0.717, 1.165) is 11.1 Å². The van der Waals surface area contributed by atoms with Gasteiger partial charge in [-0.25, -0.2) is 0 Å². The number of rotatable bonds is 3. The molecule has 0 spiro atoms. The van der Waals surface area contributed by atoms with Gasteiger partial charge in [0.1, 0.15) is 6.10 Å². The smallest absolute Gasteiger partial charge is 0.214 e. The Labute approximate surface area is 159 Å². The third kappa shape index (κ3) is 2.16. The molecule has 2 bridgehead atoms. The van der Waals surface area contributed by atoms with Crippen LogP contribution in [0.1, 0.15) is 49.5 Å².